The Morgan fingerprint density at radius 3 is 2.67 bits per heavy atom. The number of hydrogen-bond donors (Lipinski definition) is 1. The van der Waals surface area contributed by atoms with E-state index in [1.807, 2.05) is 0 Å². The molecule has 0 saturated carbocycles. The molecule has 0 aliphatic carbocycles. The highest BCUT2D eigenvalue weighted by Gasteiger charge is 2.31. The van der Waals surface area contributed by atoms with Crippen LogP contribution in [0.3, 0.4) is 0 Å². The number of rotatable bonds is 5. The number of ether oxygens (including phenoxy) is 1. The van der Waals surface area contributed by atoms with Crippen LogP contribution in [0.1, 0.15) is 12.0 Å². The highest BCUT2D eigenvalue weighted by Crippen LogP contribution is 2.25. The summed E-state index contributed by atoms with van der Waals surface area (Å²) in [7, 11) is 1.77. The van der Waals surface area contributed by atoms with Crippen molar-refractivity contribution in [2.24, 2.45) is 0 Å². The summed E-state index contributed by atoms with van der Waals surface area (Å²) in [4.78, 5) is 0. The first-order valence-electron chi connectivity index (χ1n) is 5.29. The summed E-state index contributed by atoms with van der Waals surface area (Å²) in [6.45, 7) is 0.705. The molecule has 6 heteroatoms. The third-order valence-electron chi connectivity index (χ3n) is 2.06. The molecule has 0 spiro atoms. The van der Waals surface area contributed by atoms with Crippen molar-refractivity contribution >= 4 is 6.08 Å². The van der Waals surface area contributed by atoms with Gasteiger partial charge in [0.1, 0.15) is 11.6 Å². The molecule has 100 valence electrons. The molecule has 1 N–H and O–H groups in total. The molecule has 0 atom stereocenters. The van der Waals surface area contributed by atoms with E-state index in [4.69, 9.17) is 0 Å². The van der Waals surface area contributed by atoms with Crippen LogP contribution < -0.4 is 10.1 Å². The second kappa shape index (κ2) is 6.39. The number of hydrogen-bond acceptors (Lipinski definition) is 2. The Bertz CT molecular complexity index is 415. The summed E-state index contributed by atoms with van der Waals surface area (Å²) in [5.74, 6) is -1.03. The quantitative estimate of drug-likeness (QED) is 0.649. The third kappa shape index (κ3) is 5.18. The summed E-state index contributed by atoms with van der Waals surface area (Å²) in [6, 6.07) is 2.89. The second-order valence-corrected chi connectivity index (χ2v) is 3.53. The molecule has 0 aliphatic heterocycles. The van der Waals surface area contributed by atoms with Gasteiger partial charge in [-0.25, -0.2) is 4.39 Å². The molecule has 1 rings (SSSR count). The van der Waals surface area contributed by atoms with Crippen LogP contribution in [0.4, 0.5) is 17.6 Å². The zero-order valence-corrected chi connectivity index (χ0v) is 9.72. The van der Waals surface area contributed by atoms with Gasteiger partial charge in [0.15, 0.2) is 0 Å². The van der Waals surface area contributed by atoms with E-state index in [0.717, 1.165) is 18.2 Å². The van der Waals surface area contributed by atoms with Crippen LogP contribution in [0.15, 0.2) is 24.3 Å². The normalized spacial score (nSPS) is 12.1. The maximum absolute atomic E-state index is 13.3. The van der Waals surface area contributed by atoms with Crippen LogP contribution in [-0.2, 0) is 0 Å². The number of halogens is 4. The van der Waals surface area contributed by atoms with Crippen LogP contribution in [0, 0.1) is 5.82 Å². The summed E-state index contributed by atoms with van der Waals surface area (Å²) in [5.41, 5.74) is 0.0628. The maximum atomic E-state index is 13.3. The van der Waals surface area contributed by atoms with E-state index in [2.05, 4.69) is 10.1 Å². The van der Waals surface area contributed by atoms with Crippen molar-refractivity contribution in [3.63, 3.8) is 0 Å². The Labute approximate surface area is 102 Å². The van der Waals surface area contributed by atoms with Crippen molar-refractivity contribution in [3.8, 4) is 5.75 Å². The highest BCUT2D eigenvalue weighted by molar-refractivity contribution is 5.52. The van der Waals surface area contributed by atoms with Gasteiger partial charge in [-0.05, 0) is 38.2 Å². The third-order valence-corrected chi connectivity index (χ3v) is 2.06. The van der Waals surface area contributed by atoms with Gasteiger partial charge in [-0.1, -0.05) is 12.2 Å². The molecular formula is C12H13F4NO. The smallest absolute Gasteiger partial charge is 0.406 e. The average Bonchev–Trinajstić information content (AvgIpc) is 2.26. The topological polar surface area (TPSA) is 21.3 Å². The van der Waals surface area contributed by atoms with E-state index in [-0.39, 0.29) is 5.56 Å². The van der Waals surface area contributed by atoms with Crippen molar-refractivity contribution in [2.45, 2.75) is 12.8 Å². The zero-order valence-electron chi connectivity index (χ0n) is 9.72. The molecule has 0 aromatic heterocycles. The minimum Gasteiger partial charge on any atom is -0.406 e. The average molecular weight is 263 g/mol. The SMILES string of the molecule is CNCCC=Cc1cc(OC(F)(F)F)ccc1F. The standard InChI is InChI=1S/C12H13F4NO/c1-17-7-3-2-4-9-8-10(5-6-11(9)13)18-12(14,15)16/h2,4-6,8,17H,3,7H2,1H3. The first kappa shape index (κ1) is 14.5. The van der Waals surface area contributed by atoms with Crippen LogP contribution in [0.2, 0.25) is 0 Å². The van der Waals surface area contributed by atoms with Crippen LogP contribution >= 0.6 is 0 Å². The zero-order chi connectivity index (χ0) is 13.6. The largest absolute Gasteiger partial charge is 0.573 e. The fraction of sp³-hybridized carbons (Fsp3) is 0.333. The fourth-order valence-corrected chi connectivity index (χ4v) is 1.28. The minimum absolute atomic E-state index is 0.0628. The molecular weight excluding hydrogens is 250 g/mol. The summed E-state index contributed by atoms with van der Waals surface area (Å²) in [6.07, 6.45) is -1.02. The Hall–Kier alpha value is -1.56. The molecule has 0 bridgehead atoms. The van der Waals surface area contributed by atoms with Crippen LogP contribution in [0.5, 0.6) is 5.75 Å². The van der Waals surface area contributed by atoms with E-state index in [1.54, 1.807) is 13.1 Å². The first-order chi connectivity index (χ1) is 8.42. The Balaban J connectivity index is 2.78. The van der Waals surface area contributed by atoms with E-state index in [9.17, 15) is 17.6 Å². The van der Waals surface area contributed by atoms with Gasteiger partial charge in [0, 0.05) is 5.56 Å². The molecule has 0 amide bonds. The summed E-state index contributed by atoms with van der Waals surface area (Å²) < 4.78 is 53.0. The van der Waals surface area contributed by atoms with Crippen molar-refractivity contribution in [1.82, 2.24) is 5.32 Å². The van der Waals surface area contributed by atoms with Crippen molar-refractivity contribution < 1.29 is 22.3 Å². The summed E-state index contributed by atoms with van der Waals surface area (Å²) >= 11 is 0. The fourth-order valence-electron chi connectivity index (χ4n) is 1.28. The molecule has 0 fully saturated rings. The maximum Gasteiger partial charge on any atom is 0.573 e. The lowest BCUT2D eigenvalue weighted by Crippen LogP contribution is -2.17. The highest BCUT2D eigenvalue weighted by atomic mass is 19.4. The lowest BCUT2D eigenvalue weighted by Gasteiger charge is -2.09. The predicted octanol–water partition coefficient (Wildman–Crippen LogP) is 3.35. The number of nitrogens with one attached hydrogen (secondary N) is 1. The number of alkyl halides is 3. The molecule has 0 saturated heterocycles. The molecule has 0 radical (unpaired) electrons. The Morgan fingerprint density at radius 2 is 2.06 bits per heavy atom. The van der Waals surface area contributed by atoms with Crippen molar-refractivity contribution in [3.05, 3.63) is 35.7 Å². The van der Waals surface area contributed by atoms with Gasteiger partial charge >= 0.3 is 6.36 Å². The lowest BCUT2D eigenvalue weighted by molar-refractivity contribution is -0.274. The number of benzene rings is 1. The predicted molar refractivity (Wildman–Crippen MR) is 60.7 cm³/mol. The Kier molecular flexibility index (Phi) is 5.15. The van der Waals surface area contributed by atoms with Gasteiger partial charge in [0.2, 0.25) is 0 Å². The van der Waals surface area contributed by atoms with Crippen molar-refractivity contribution in [1.29, 1.82) is 0 Å². The molecule has 1 aromatic carbocycles. The lowest BCUT2D eigenvalue weighted by atomic mass is 10.1. The molecule has 1 aromatic rings. The van der Waals surface area contributed by atoms with Gasteiger partial charge in [-0.3, -0.25) is 0 Å². The van der Waals surface area contributed by atoms with E-state index in [0.29, 0.717) is 13.0 Å². The van der Waals surface area contributed by atoms with Gasteiger partial charge in [-0.2, -0.15) is 0 Å². The van der Waals surface area contributed by atoms with E-state index in [1.165, 1.54) is 6.08 Å². The van der Waals surface area contributed by atoms with E-state index < -0.39 is 17.9 Å². The van der Waals surface area contributed by atoms with Crippen molar-refractivity contribution in [2.75, 3.05) is 13.6 Å². The molecule has 0 unspecified atom stereocenters. The van der Waals surface area contributed by atoms with Crippen LogP contribution in [-0.4, -0.2) is 20.0 Å². The molecule has 18 heavy (non-hydrogen) atoms. The first-order valence-corrected chi connectivity index (χ1v) is 5.29. The Morgan fingerprint density at radius 1 is 1.33 bits per heavy atom. The molecule has 0 aliphatic rings. The second-order valence-electron chi connectivity index (χ2n) is 3.53. The van der Waals surface area contributed by atoms with Gasteiger partial charge < -0.3 is 10.1 Å². The summed E-state index contributed by atoms with van der Waals surface area (Å²) in [5, 5.41) is 2.89. The van der Waals surface area contributed by atoms with Gasteiger partial charge in [0.05, 0.1) is 0 Å². The van der Waals surface area contributed by atoms with Crippen LogP contribution in [0.25, 0.3) is 6.08 Å². The van der Waals surface area contributed by atoms with E-state index >= 15 is 0 Å². The molecule has 0 heterocycles. The minimum atomic E-state index is -4.77. The molecule has 2 nitrogen and oxygen atoms in total. The van der Waals surface area contributed by atoms with Gasteiger partial charge in [0.25, 0.3) is 0 Å². The monoisotopic (exact) mass is 263 g/mol. The van der Waals surface area contributed by atoms with Gasteiger partial charge in [-0.15, -0.1) is 13.2 Å².